The van der Waals surface area contributed by atoms with Crippen molar-refractivity contribution in [2.75, 3.05) is 13.1 Å². The van der Waals surface area contributed by atoms with E-state index in [1.54, 1.807) is 23.2 Å². The molecule has 1 unspecified atom stereocenters. The molecule has 0 saturated carbocycles. The van der Waals surface area contributed by atoms with Crippen molar-refractivity contribution in [2.45, 2.75) is 19.4 Å². The maximum atomic E-state index is 14.2. The Bertz CT molecular complexity index is 661. The van der Waals surface area contributed by atoms with Crippen molar-refractivity contribution in [1.82, 2.24) is 20.2 Å². The summed E-state index contributed by atoms with van der Waals surface area (Å²) in [4.78, 5) is 16.2. The third-order valence-corrected chi connectivity index (χ3v) is 3.60. The minimum Gasteiger partial charge on any atom is -0.348 e. The van der Waals surface area contributed by atoms with Crippen LogP contribution in [0.25, 0.3) is 5.69 Å². The van der Waals surface area contributed by atoms with E-state index >= 15 is 0 Å². The summed E-state index contributed by atoms with van der Waals surface area (Å²) in [6.45, 7) is 3.48. The van der Waals surface area contributed by atoms with Crippen LogP contribution in [0.3, 0.4) is 0 Å². The number of aromatic nitrogens is 2. The van der Waals surface area contributed by atoms with E-state index in [2.05, 4.69) is 15.6 Å². The van der Waals surface area contributed by atoms with E-state index in [0.717, 1.165) is 25.2 Å². The standard InChI is InChI=1S/C15H17FN4O/c1-10-8-20(9-18-10)12-2-3-13(14(16)6-12)15(21)19-11-4-5-17-7-11/h2-3,6,8-9,11,17H,4-5,7H2,1H3,(H,19,21). The fourth-order valence-corrected chi connectivity index (χ4v) is 2.45. The normalized spacial score (nSPS) is 17.9. The van der Waals surface area contributed by atoms with Crippen LogP contribution in [0.2, 0.25) is 0 Å². The van der Waals surface area contributed by atoms with Crippen molar-refractivity contribution in [3.05, 3.63) is 47.8 Å². The predicted molar refractivity (Wildman–Crippen MR) is 77.0 cm³/mol. The van der Waals surface area contributed by atoms with Crippen molar-refractivity contribution >= 4 is 5.91 Å². The molecule has 2 N–H and O–H groups in total. The molecule has 2 aromatic rings. The van der Waals surface area contributed by atoms with E-state index < -0.39 is 5.82 Å². The number of nitrogens with one attached hydrogen (secondary N) is 2. The summed E-state index contributed by atoms with van der Waals surface area (Å²) in [6, 6.07) is 4.65. The Balaban J connectivity index is 1.79. The van der Waals surface area contributed by atoms with Crippen LogP contribution in [0.5, 0.6) is 0 Å². The summed E-state index contributed by atoms with van der Waals surface area (Å²) in [6.07, 6.45) is 4.30. The molecule has 0 radical (unpaired) electrons. The van der Waals surface area contributed by atoms with Gasteiger partial charge < -0.3 is 15.2 Å². The largest absolute Gasteiger partial charge is 0.348 e. The summed E-state index contributed by atoms with van der Waals surface area (Å²) in [7, 11) is 0. The van der Waals surface area contributed by atoms with Crippen LogP contribution in [-0.4, -0.2) is 34.6 Å². The minimum atomic E-state index is -0.526. The van der Waals surface area contributed by atoms with E-state index in [1.165, 1.54) is 12.1 Å². The molecule has 1 aromatic carbocycles. The Morgan fingerprint density at radius 2 is 2.38 bits per heavy atom. The fourth-order valence-electron chi connectivity index (χ4n) is 2.45. The van der Waals surface area contributed by atoms with E-state index in [4.69, 9.17) is 0 Å². The van der Waals surface area contributed by atoms with E-state index in [9.17, 15) is 9.18 Å². The Morgan fingerprint density at radius 1 is 1.52 bits per heavy atom. The SMILES string of the molecule is Cc1cn(-c2ccc(C(=O)NC3CCNC3)c(F)c2)cn1. The number of rotatable bonds is 3. The Morgan fingerprint density at radius 3 is 3.00 bits per heavy atom. The second kappa shape index (κ2) is 5.65. The molecule has 1 aliphatic rings. The summed E-state index contributed by atoms with van der Waals surface area (Å²) in [5, 5.41) is 6.00. The number of benzene rings is 1. The first kappa shape index (κ1) is 13.8. The lowest BCUT2D eigenvalue weighted by atomic mass is 10.1. The van der Waals surface area contributed by atoms with Crippen molar-refractivity contribution in [1.29, 1.82) is 0 Å². The lowest BCUT2D eigenvalue weighted by Gasteiger charge is -2.12. The first-order chi connectivity index (χ1) is 10.1. The van der Waals surface area contributed by atoms with Crippen molar-refractivity contribution in [2.24, 2.45) is 0 Å². The number of carbonyl (C=O) groups is 1. The molecule has 1 saturated heterocycles. The van der Waals surface area contributed by atoms with Gasteiger partial charge in [0.1, 0.15) is 5.82 Å². The summed E-state index contributed by atoms with van der Waals surface area (Å²) >= 11 is 0. The molecule has 1 aromatic heterocycles. The van der Waals surface area contributed by atoms with E-state index in [0.29, 0.717) is 5.69 Å². The first-order valence-electron chi connectivity index (χ1n) is 6.95. The lowest BCUT2D eigenvalue weighted by molar-refractivity contribution is 0.0936. The molecule has 21 heavy (non-hydrogen) atoms. The molecule has 3 rings (SSSR count). The van der Waals surface area contributed by atoms with E-state index in [-0.39, 0.29) is 17.5 Å². The average molecular weight is 288 g/mol. The monoisotopic (exact) mass is 288 g/mol. The van der Waals surface area contributed by atoms with Crippen LogP contribution in [-0.2, 0) is 0 Å². The maximum absolute atomic E-state index is 14.2. The van der Waals surface area contributed by atoms with Crippen molar-refractivity contribution in [3.8, 4) is 5.69 Å². The van der Waals surface area contributed by atoms with Gasteiger partial charge in [-0.2, -0.15) is 0 Å². The zero-order valence-corrected chi connectivity index (χ0v) is 11.8. The summed E-state index contributed by atoms with van der Waals surface area (Å²) < 4.78 is 15.9. The zero-order chi connectivity index (χ0) is 14.8. The molecule has 1 amide bonds. The topological polar surface area (TPSA) is 59.0 Å². The van der Waals surface area contributed by atoms with Gasteiger partial charge in [0.05, 0.1) is 17.6 Å². The summed E-state index contributed by atoms with van der Waals surface area (Å²) in [5.74, 6) is -0.892. The first-order valence-corrected chi connectivity index (χ1v) is 6.95. The third-order valence-electron chi connectivity index (χ3n) is 3.60. The molecule has 5 nitrogen and oxygen atoms in total. The smallest absolute Gasteiger partial charge is 0.254 e. The van der Waals surface area contributed by atoms with Crippen LogP contribution < -0.4 is 10.6 Å². The Kier molecular flexibility index (Phi) is 3.70. The van der Waals surface area contributed by atoms with Gasteiger partial charge in [0, 0.05) is 24.5 Å². The third kappa shape index (κ3) is 2.95. The minimum absolute atomic E-state index is 0.0717. The van der Waals surface area contributed by atoms with Gasteiger partial charge in [-0.25, -0.2) is 9.37 Å². The van der Waals surface area contributed by atoms with Crippen LogP contribution in [0, 0.1) is 12.7 Å². The molecule has 1 aliphatic heterocycles. The van der Waals surface area contributed by atoms with Gasteiger partial charge in [0.2, 0.25) is 0 Å². The van der Waals surface area contributed by atoms with Gasteiger partial charge in [-0.15, -0.1) is 0 Å². The molecule has 1 fully saturated rings. The predicted octanol–water partition coefficient (Wildman–Crippen LogP) is 1.41. The van der Waals surface area contributed by atoms with Gasteiger partial charge in [-0.3, -0.25) is 4.79 Å². The van der Waals surface area contributed by atoms with Crippen LogP contribution >= 0.6 is 0 Å². The molecule has 1 atom stereocenters. The number of aryl methyl sites for hydroxylation is 1. The van der Waals surface area contributed by atoms with Gasteiger partial charge in [-0.05, 0) is 38.1 Å². The molecule has 0 aliphatic carbocycles. The number of hydrogen-bond acceptors (Lipinski definition) is 3. The number of halogens is 1. The van der Waals surface area contributed by atoms with Crippen molar-refractivity contribution < 1.29 is 9.18 Å². The average Bonchev–Trinajstić information content (AvgIpc) is 3.10. The van der Waals surface area contributed by atoms with Crippen LogP contribution in [0.15, 0.2) is 30.7 Å². The van der Waals surface area contributed by atoms with Gasteiger partial charge in [-0.1, -0.05) is 0 Å². The van der Waals surface area contributed by atoms with Gasteiger partial charge >= 0.3 is 0 Å². The lowest BCUT2D eigenvalue weighted by Crippen LogP contribution is -2.36. The zero-order valence-electron chi connectivity index (χ0n) is 11.8. The molecular weight excluding hydrogens is 271 g/mol. The molecule has 6 heteroatoms. The van der Waals surface area contributed by atoms with E-state index in [1.807, 2.05) is 6.92 Å². The quantitative estimate of drug-likeness (QED) is 0.898. The Hall–Kier alpha value is -2.21. The highest BCUT2D eigenvalue weighted by atomic mass is 19.1. The van der Waals surface area contributed by atoms with Gasteiger partial charge in [0.25, 0.3) is 5.91 Å². The molecule has 0 spiro atoms. The number of amides is 1. The highest BCUT2D eigenvalue weighted by molar-refractivity contribution is 5.94. The Labute approximate surface area is 122 Å². The van der Waals surface area contributed by atoms with Crippen molar-refractivity contribution in [3.63, 3.8) is 0 Å². The number of carbonyl (C=O) groups excluding carboxylic acids is 1. The van der Waals surface area contributed by atoms with Crippen LogP contribution in [0.4, 0.5) is 4.39 Å². The highest BCUT2D eigenvalue weighted by Crippen LogP contribution is 2.15. The number of imidazole rings is 1. The molecule has 0 bridgehead atoms. The molecule has 110 valence electrons. The highest BCUT2D eigenvalue weighted by Gasteiger charge is 2.19. The summed E-state index contributed by atoms with van der Waals surface area (Å²) in [5.41, 5.74) is 1.57. The second-order valence-electron chi connectivity index (χ2n) is 5.25. The maximum Gasteiger partial charge on any atom is 0.254 e. The fraction of sp³-hybridized carbons (Fsp3) is 0.333. The van der Waals surface area contributed by atoms with Crippen LogP contribution in [0.1, 0.15) is 22.5 Å². The van der Waals surface area contributed by atoms with Gasteiger partial charge in [0.15, 0.2) is 0 Å². The number of nitrogens with zero attached hydrogens (tertiary/aromatic N) is 2. The number of hydrogen-bond donors (Lipinski definition) is 2. The molecular formula is C15H17FN4O. The second-order valence-corrected chi connectivity index (χ2v) is 5.25. The molecule has 2 heterocycles.